The molecule has 0 fully saturated rings. The van der Waals surface area contributed by atoms with Crippen molar-refractivity contribution in [3.05, 3.63) is 47.3 Å². The third-order valence-corrected chi connectivity index (χ3v) is 3.43. The maximum atomic E-state index is 13.0. The Morgan fingerprint density at radius 3 is 3.00 bits per heavy atom. The molecule has 0 N–H and O–H groups in total. The first-order chi connectivity index (χ1) is 7.20. The van der Waals surface area contributed by atoms with Crippen molar-refractivity contribution < 1.29 is 4.39 Å². The topological polar surface area (TPSA) is 0 Å². The largest absolute Gasteiger partial charge is 0.207 e. The number of allylic oxidation sites excluding steroid dienone is 1. The van der Waals surface area contributed by atoms with Crippen LogP contribution in [0.15, 0.2) is 30.4 Å². The fourth-order valence-corrected chi connectivity index (χ4v) is 2.36. The van der Waals surface area contributed by atoms with Crippen LogP contribution in [0.3, 0.4) is 0 Å². The van der Waals surface area contributed by atoms with Crippen LogP contribution in [-0.2, 0) is 12.8 Å². The fraction of sp³-hybridized carbons (Fsp3) is 0.429. The fourth-order valence-electron chi connectivity index (χ4n) is 2.36. The van der Waals surface area contributed by atoms with Crippen molar-refractivity contribution in [3.63, 3.8) is 0 Å². The Hall–Kier alpha value is -1.11. The van der Waals surface area contributed by atoms with Gasteiger partial charge < -0.3 is 0 Å². The number of aryl methyl sites for hydroxylation is 1. The molecule has 2 rings (SSSR count). The minimum Gasteiger partial charge on any atom is -0.207 e. The molecule has 0 nitrogen and oxygen atoms in total. The zero-order chi connectivity index (χ0) is 10.8. The summed E-state index contributed by atoms with van der Waals surface area (Å²) in [5.41, 5.74) is 3.84. The molecular formula is C14H17F. The van der Waals surface area contributed by atoms with Crippen molar-refractivity contribution in [3.8, 4) is 0 Å². The van der Waals surface area contributed by atoms with Crippen molar-refractivity contribution in [2.75, 3.05) is 0 Å². The lowest BCUT2D eigenvalue weighted by Crippen LogP contribution is -2.15. The third kappa shape index (κ3) is 2.11. The number of rotatable bonds is 2. The van der Waals surface area contributed by atoms with Crippen LogP contribution < -0.4 is 0 Å². The predicted molar refractivity (Wildman–Crippen MR) is 61.3 cm³/mol. The highest BCUT2D eigenvalue weighted by Crippen LogP contribution is 2.30. The molecule has 0 bridgehead atoms. The van der Waals surface area contributed by atoms with Gasteiger partial charge in [-0.2, -0.15) is 0 Å². The number of halogens is 1. The quantitative estimate of drug-likeness (QED) is 0.641. The monoisotopic (exact) mass is 204 g/mol. The number of fused-ring (bicyclic) bond motifs is 1. The van der Waals surface area contributed by atoms with Crippen LogP contribution in [0, 0.1) is 11.7 Å². The summed E-state index contributed by atoms with van der Waals surface area (Å²) in [5, 5.41) is 0. The molecule has 1 aliphatic rings. The first kappa shape index (κ1) is 10.4. The van der Waals surface area contributed by atoms with Gasteiger partial charge in [0.2, 0.25) is 0 Å². The van der Waals surface area contributed by atoms with Gasteiger partial charge in [0.25, 0.3) is 0 Å². The van der Waals surface area contributed by atoms with Gasteiger partial charge >= 0.3 is 0 Å². The summed E-state index contributed by atoms with van der Waals surface area (Å²) in [4.78, 5) is 0. The predicted octanol–water partition coefficient (Wildman–Crippen LogP) is 3.90. The van der Waals surface area contributed by atoms with E-state index in [-0.39, 0.29) is 5.82 Å². The Labute approximate surface area is 90.8 Å². The molecule has 0 aromatic heterocycles. The van der Waals surface area contributed by atoms with E-state index in [1.807, 2.05) is 6.07 Å². The normalized spacial score (nSPS) is 19.7. The highest BCUT2D eigenvalue weighted by Gasteiger charge is 2.20. The Bertz CT molecular complexity index is 379. The SMILES string of the molecule is C=C(CC)C1CCc2cc(F)ccc2C1. The first-order valence-corrected chi connectivity index (χ1v) is 5.65. The van der Waals surface area contributed by atoms with E-state index in [1.165, 1.54) is 16.7 Å². The lowest BCUT2D eigenvalue weighted by Gasteiger charge is -2.25. The van der Waals surface area contributed by atoms with Crippen LogP contribution in [0.5, 0.6) is 0 Å². The molecule has 1 aliphatic carbocycles. The van der Waals surface area contributed by atoms with Gasteiger partial charge in [0.15, 0.2) is 0 Å². The minimum absolute atomic E-state index is 0.110. The van der Waals surface area contributed by atoms with E-state index in [2.05, 4.69) is 13.5 Å². The molecule has 0 heterocycles. The van der Waals surface area contributed by atoms with Gasteiger partial charge in [0, 0.05) is 0 Å². The molecule has 1 aromatic carbocycles. The molecule has 0 radical (unpaired) electrons. The smallest absolute Gasteiger partial charge is 0.123 e. The Morgan fingerprint density at radius 1 is 1.47 bits per heavy atom. The van der Waals surface area contributed by atoms with E-state index >= 15 is 0 Å². The molecule has 15 heavy (non-hydrogen) atoms. The van der Waals surface area contributed by atoms with Crippen LogP contribution in [0.25, 0.3) is 0 Å². The van der Waals surface area contributed by atoms with E-state index in [1.54, 1.807) is 12.1 Å². The Balaban J connectivity index is 2.20. The van der Waals surface area contributed by atoms with Crippen LogP contribution >= 0.6 is 0 Å². The summed E-state index contributed by atoms with van der Waals surface area (Å²) >= 11 is 0. The van der Waals surface area contributed by atoms with Gasteiger partial charge in [-0.3, -0.25) is 0 Å². The molecule has 0 aliphatic heterocycles. The second-order valence-corrected chi connectivity index (χ2v) is 4.36. The second kappa shape index (κ2) is 4.18. The molecule has 1 unspecified atom stereocenters. The van der Waals surface area contributed by atoms with E-state index in [0.29, 0.717) is 5.92 Å². The van der Waals surface area contributed by atoms with Crippen molar-refractivity contribution in [1.82, 2.24) is 0 Å². The maximum absolute atomic E-state index is 13.0. The molecule has 0 amide bonds. The van der Waals surface area contributed by atoms with Crippen molar-refractivity contribution in [2.24, 2.45) is 5.92 Å². The standard InChI is InChI=1S/C14H17F/c1-3-10(2)11-4-5-13-9-14(15)7-6-12(13)8-11/h6-7,9,11H,2-5,8H2,1H3. The summed E-state index contributed by atoms with van der Waals surface area (Å²) in [6.07, 6.45) is 4.23. The summed E-state index contributed by atoms with van der Waals surface area (Å²) in [5.74, 6) is 0.495. The third-order valence-electron chi connectivity index (χ3n) is 3.43. The highest BCUT2D eigenvalue weighted by atomic mass is 19.1. The van der Waals surface area contributed by atoms with Crippen LogP contribution in [0.1, 0.15) is 30.9 Å². The lowest BCUT2D eigenvalue weighted by molar-refractivity contribution is 0.511. The zero-order valence-corrected chi connectivity index (χ0v) is 9.22. The van der Waals surface area contributed by atoms with Crippen molar-refractivity contribution >= 4 is 0 Å². The van der Waals surface area contributed by atoms with E-state index in [0.717, 1.165) is 25.7 Å². The van der Waals surface area contributed by atoms with Crippen molar-refractivity contribution in [1.29, 1.82) is 0 Å². The maximum Gasteiger partial charge on any atom is 0.123 e. The molecule has 1 aromatic rings. The molecule has 0 saturated heterocycles. The van der Waals surface area contributed by atoms with Crippen molar-refractivity contribution in [2.45, 2.75) is 32.6 Å². The van der Waals surface area contributed by atoms with E-state index in [4.69, 9.17) is 0 Å². The summed E-state index contributed by atoms with van der Waals surface area (Å²) in [6.45, 7) is 6.27. The molecule has 80 valence electrons. The Morgan fingerprint density at radius 2 is 2.27 bits per heavy atom. The molecule has 1 atom stereocenters. The first-order valence-electron chi connectivity index (χ1n) is 5.65. The summed E-state index contributed by atoms with van der Waals surface area (Å²) < 4.78 is 13.0. The average Bonchev–Trinajstić information content (AvgIpc) is 2.27. The van der Waals surface area contributed by atoms with Gasteiger partial charge in [-0.1, -0.05) is 25.1 Å². The molecule has 0 spiro atoms. The van der Waals surface area contributed by atoms with Gasteiger partial charge in [-0.25, -0.2) is 4.39 Å². The highest BCUT2D eigenvalue weighted by molar-refractivity contribution is 5.32. The van der Waals surface area contributed by atoms with E-state index < -0.39 is 0 Å². The molecular weight excluding hydrogens is 187 g/mol. The van der Waals surface area contributed by atoms with Crippen LogP contribution in [-0.4, -0.2) is 0 Å². The average molecular weight is 204 g/mol. The molecule has 0 saturated carbocycles. The second-order valence-electron chi connectivity index (χ2n) is 4.36. The zero-order valence-electron chi connectivity index (χ0n) is 9.22. The number of hydrogen-bond donors (Lipinski definition) is 0. The van der Waals surface area contributed by atoms with Gasteiger partial charge in [-0.15, -0.1) is 0 Å². The van der Waals surface area contributed by atoms with E-state index in [9.17, 15) is 4.39 Å². The van der Waals surface area contributed by atoms with Gasteiger partial charge in [-0.05, 0) is 54.9 Å². The lowest BCUT2D eigenvalue weighted by atomic mass is 9.80. The van der Waals surface area contributed by atoms with Gasteiger partial charge in [0.1, 0.15) is 5.82 Å². The minimum atomic E-state index is -0.110. The summed E-state index contributed by atoms with van der Waals surface area (Å²) in [7, 11) is 0. The van der Waals surface area contributed by atoms with Crippen LogP contribution in [0.2, 0.25) is 0 Å². The summed E-state index contributed by atoms with van der Waals surface area (Å²) in [6, 6.07) is 5.18. The number of hydrogen-bond acceptors (Lipinski definition) is 0. The number of benzene rings is 1. The van der Waals surface area contributed by atoms with Crippen LogP contribution in [0.4, 0.5) is 4.39 Å². The Kier molecular flexibility index (Phi) is 2.90. The molecule has 1 heteroatoms. The van der Waals surface area contributed by atoms with Gasteiger partial charge in [0.05, 0.1) is 0 Å².